The van der Waals surface area contributed by atoms with E-state index in [0.717, 1.165) is 30.6 Å². The Kier molecular flexibility index (Phi) is 3.48. The number of benzene rings is 2. The molecule has 0 aromatic heterocycles. The van der Waals surface area contributed by atoms with Crippen LogP contribution in [0.1, 0.15) is 23.6 Å². The molecule has 0 radical (unpaired) electrons. The van der Waals surface area contributed by atoms with Crippen molar-refractivity contribution in [2.45, 2.75) is 25.4 Å². The molecule has 3 fully saturated rings. The standard InChI is InChI=1S/C21H21N3O2/c1-14-8-10-16(11-9-14)24-20(25)17-18(15-6-3-2-4-7-15)22-12-5-13-23(22)19(17)21(24)26/h2-4,6-11,17-19H,5,12-13H2,1H3/t17-,18+,19+/m0/s1. The average Bonchev–Trinajstić information content (AvgIpc) is 3.29. The minimum absolute atomic E-state index is 0.0596. The van der Waals surface area contributed by atoms with E-state index < -0.39 is 0 Å². The van der Waals surface area contributed by atoms with Crippen LogP contribution in [0.3, 0.4) is 0 Å². The number of aryl methyl sites for hydroxylation is 1. The van der Waals surface area contributed by atoms with Gasteiger partial charge in [0.25, 0.3) is 5.91 Å². The Morgan fingerprint density at radius 2 is 1.46 bits per heavy atom. The van der Waals surface area contributed by atoms with Gasteiger partial charge >= 0.3 is 0 Å². The van der Waals surface area contributed by atoms with Crippen molar-refractivity contribution in [1.82, 2.24) is 10.0 Å². The minimum Gasteiger partial charge on any atom is -0.274 e. The summed E-state index contributed by atoms with van der Waals surface area (Å²) >= 11 is 0. The molecule has 26 heavy (non-hydrogen) atoms. The molecule has 0 N–H and O–H groups in total. The third-order valence-electron chi connectivity index (χ3n) is 5.84. The Morgan fingerprint density at radius 3 is 2.15 bits per heavy atom. The minimum atomic E-state index is -0.378. The first kappa shape index (κ1) is 15.7. The van der Waals surface area contributed by atoms with E-state index in [1.807, 2.05) is 49.4 Å². The number of imide groups is 1. The molecule has 2 aromatic carbocycles. The van der Waals surface area contributed by atoms with Gasteiger partial charge in [-0.3, -0.25) is 9.59 Å². The quantitative estimate of drug-likeness (QED) is 0.783. The van der Waals surface area contributed by atoms with Gasteiger partial charge in [0, 0.05) is 13.1 Å². The normalized spacial score (nSPS) is 28.7. The fourth-order valence-electron chi connectivity index (χ4n) is 4.71. The van der Waals surface area contributed by atoms with Crippen LogP contribution in [-0.2, 0) is 9.59 Å². The van der Waals surface area contributed by atoms with Gasteiger partial charge in [0.1, 0.15) is 6.04 Å². The Bertz CT molecular complexity index is 865. The van der Waals surface area contributed by atoms with Gasteiger partial charge in [-0.15, -0.1) is 0 Å². The Morgan fingerprint density at radius 1 is 0.808 bits per heavy atom. The van der Waals surface area contributed by atoms with Gasteiger partial charge in [-0.05, 0) is 31.0 Å². The maximum Gasteiger partial charge on any atom is 0.253 e. The zero-order valence-electron chi connectivity index (χ0n) is 14.7. The lowest BCUT2D eigenvalue weighted by atomic mass is 9.90. The van der Waals surface area contributed by atoms with Crippen LogP contribution in [0.15, 0.2) is 54.6 Å². The second kappa shape index (κ2) is 5.76. The molecule has 3 aliphatic rings. The van der Waals surface area contributed by atoms with E-state index in [1.165, 1.54) is 4.90 Å². The summed E-state index contributed by atoms with van der Waals surface area (Å²) in [6.07, 6.45) is 1.03. The Labute approximate surface area is 152 Å². The molecule has 3 atom stereocenters. The lowest BCUT2D eigenvalue weighted by Crippen LogP contribution is -2.44. The van der Waals surface area contributed by atoms with Crippen molar-refractivity contribution in [2.24, 2.45) is 5.92 Å². The zero-order valence-corrected chi connectivity index (χ0v) is 14.7. The van der Waals surface area contributed by atoms with Crippen LogP contribution in [0, 0.1) is 12.8 Å². The smallest absolute Gasteiger partial charge is 0.253 e. The lowest BCUT2D eigenvalue weighted by Gasteiger charge is -2.29. The third-order valence-corrected chi connectivity index (χ3v) is 5.84. The highest BCUT2D eigenvalue weighted by atomic mass is 16.2. The number of fused-ring (bicyclic) bond motifs is 3. The third kappa shape index (κ3) is 2.11. The summed E-state index contributed by atoms with van der Waals surface area (Å²) in [5.74, 6) is -0.507. The van der Waals surface area contributed by atoms with Crippen molar-refractivity contribution in [2.75, 3.05) is 18.0 Å². The van der Waals surface area contributed by atoms with E-state index in [9.17, 15) is 9.59 Å². The average molecular weight is 347 g/mol. The van der Waals surface area contributed by atoms with E-state index in [4.69, 9.17) is 0 Å². The van der Waals surface area contributed by atoms with Gasteiger partial charge in [0.2, 0.25) is 5.91 Å². The number of anilines is 1. The first-order chi connectivity index (χ1) is 12.7. The number of rotatable bonds is 2. The SMILES string of the molecule is Cc1ccc(N2C(=O)[C@H]3[C@@H](c4ccccc4)N4CCCN4[C@H]3C2=O)cc1. The lowest BCUT2D eigenvalue weighted by molar-refractivity contribution is -0.126. The van der Waals surface area contributed by atoms with Crippen molar-refractivity contribution >= 4 is 17.5 Å². The van der Waals surface area contributed by atoms with Crippen molar-refractivity contribution in [3.63, 3.8) is 0 Å². The molecule has 3 aliphatic heterocycles. The van der Waals surface area contributed by atoms with Crippen LogP contribution in [0.25, 0.3) is 0 Å². The van der Waals surface area contributed by atoms with Gasteiger partial charge < -0.3 is 0 Å². The number of amides is 2. The van der Waals surface area contributed by atoms with Crippen molar-refractivity contribution in [3.8, 4) is 0 Å². The first-order valence-corrected chi connectivity index (χ1v) is 9.19. The largest absolute Gasteiger partial charge is 0.274 e. The van der Waals surface area contributed by atoms with Gasteiger partial charge in [-0.1, -0.05) is 48.0 Å². The van der Waals surface area contributed by atoms with Gasteiger partial charge in [-0.25, -0.2) is 14.9 Å². The molecule has 3 saturated heterocycles. The van der Waals surface area contributed by atoms with Crippen molar-refractivity contribution in [1.29, 1.82) is 0 Å². The molecule has 0 unspecified atom stereocenters. The number of carbonyl (C=O) groups is 2. The summed E-state index contributed by atoms with van der Waals surface area (Å²) in [5, 5.41) is 4.38. The number of nitrogens with zero attached hydrogens (tertiary/aromatic N) is 3. The second-order valence-electron chi connectivity index (χ2n) is 7.35. The summed E-state index contributed by atoms with van der Waals surface area (Å²) in [7, 11) is 0. The Hall–Kier alpha value is -2.50. The maximum absolute atomic E-state index is 13.3. The van der Waals surface area contributed by atoms with Gasteiger partial charge in [0.05, 0.1) is 17.6 Å². The van der Waals surface area contributed by atoms with Crippen LogP contribution in [0.4, 0.5) is 5.69 Å². The van der Waals surface area contributed by atoms with Crippen LogP contribution in [0.2, 0.25) is 0 Å². The fourth-order valence-corrected chi connectivity index (χ4v) is 4.71. The molecular weight excluding hydrogens is 326 g/mol. The molecule has 5 heteroatoms. The first-order valence-electron chi connectivity index (χ1n) is 9.19. The van der Waals surface area contributed by atoms with E-state index in [2.05, 4.69) is 22.2 Å². The van der Waals surface area contributed by atoms with Crippen LogP contribution in [0.5, 0.6) is 0 Å². The number of carbonyl (C=O) groups excluding carboxylic acids is 2. The predicted octanol–water partition coefficient (Wildman–Crippen LogP) is 2.53. The van der Waals surface area contributed by atoms with E-state index in [0.29, 0.717) is 5.69 Å². The van der Waals surface area contributed by atoms with E-state index in [1.54, 1.807) is 0 Å². The number of hydrazine groups is 1. The predicted molar refractivity (Wildman–Crippen MR) is 98.2 cm³/mol. The topological polar surface area (TPSA) is 43.9 Å². The fraction of sp³-hybridized carbons (Fsp3) is 0.333. The summed E-state index contributed by atoms with van der Waals surface area (Å²) in [4.78, 5) is 28.0. The van der Waals surface area contributed by atoms with Gasteiger partial charge in [-0.2, -0.15) is 0 Å². The molecule has 132 valence electrons. The van der Waals surface area contributed by atoms with Crippen LogP contribution >= 0.6 is 0 Å². The molecule has 0 saturated carbocycles. The number of hydrogen-bond acceptors (Lipinski definition) is 4. The highest BCUT2D eigenvalue weighted by Gasteiger charge is 2.62. The molecule has 3 heterocycles. The molecule has 0 bridgehead atoms. The summed E-state index contributed by atoms with van der Waals surface area (Å²) in [6, 6.07) is 17.3. The van der Waals surface area contributed by atoms with Crippen LogP contribution < -0.4 is 4.90 Å². The van der Waals surface area contributed by atoms with Crippen molar-refractivity contribution in [3.05, 3.63) is 65.7 Å². The maximum atomic E-state index is 13.3. The van der Waals surface area contributed by atoms with E-state index >= 15 is 0 Å². The van der Waals surface area contributed by atoms with Gasteiger partial charge in [0.15, 0.2) is 0 Å². The molecule has 0 aliphatic carbocycles. The Balaban J connectivity index is 1.58. The number of hydrogen-bond donors (Lipinski definition) is 0. The molecular formula is C21H21N3O2. The second-order valence-corrected chi connectivity index (χ2v) is 7.35. The highest BCUT2D eigenvalue weighted by Crippen LogP contribution is 2.48. The molecule has 2 aromatic rings. The monoisotopic (exact) mass is 347 g/mol. The molecule has 2 amide bonds. The molecule has 0 spiro atoms. The summed E-state index contributed by atoms with van der Waals surface area (Å²) in [6.45, 7) is 3.74. The van der Waals surface area contributed by atoms with Crippen LogP contribution in [-0.4, -0.2) is 41.0 Å². The van der Waals surface area contributed by atoms with E-state index in [-0.39, 0.29) is 29.8 Å². The zero-order chi connectivity index (χ0) is 17.8. The molecule has 5 nitrogen and oxygen atoms in total. The molecule has 5 rings (SSSR count). The van der Waals surface area contributed by atoms with Crippen molar-refractivity contribution < 1.29 is 9.59 Å². The summed E-state index contributed by atoms with van der Waals surface area (Å²) < 4.78 is 0. The summed E-state index contributed by atoms with van der Waals surface area (Å²) in [5.41, 5.74) is 2.90. The highest BCUT2D eigenvalue weighted by molar-refractivity contribution is 6.24.